The van der Waals surface area contributed by atoms with Gasteiger partial charge in [-0.3, -0.25) is 4.79 Å². The summed E-state index contributed by atoms with van der Waals surface area (Å²) in [6, 6.07) is 1.96. The first-order valence-corrected chi connectivity index (χ1v) is 9.38. The minimum absolute atomic E-state index is 0.245. The van der Waals surface area contributed by atoms with E-state index in [2.05, 4.69) is 13.8 Å². The van der Waals surface area contributed by atoms with Crippen LogP contribution < -0.4 is 0 Å². The lowest BCUT2D eigenvalue weighted by Gasteiger charge is -1.99. The van der Waals surface area contributed by atoms with Gasteiger partial charge in [0, 0.05) is 12.8 Å². The first kappa shape index (κ1) is 19.0. The standard InChI is InChI=1S/C20H34O2/c1-3-5-7-9-11-12-14-19-16-18(17-22-19)20(21)15-13-10-8-6-4-2/h16-17H,3-15H2,1-2H3. The molecule has 0 saturated heterocycles. The van der Waals surface area contributed by atoms with Crippen molar-refractivity contribution in [2.24, 2.45) is 0 Å². The molecule has 0 N–H and O–H groups in total. The highest BCUT2D eigenvalue weighted by molar-refractivity contribution is 5.95. The van der Waals surface area contributed by atoms with Crippen LogP contribution in [0.25, 0.3) is 0 Å². The topological polar surface area (TPSA) is 30.2 Å². The number of hydrogen-bond donors (Lipinski definition) is 0. The molecule has 0 unspecified atom stereocenters. The molecule has 0 spiro atoms. The fourth-order valence-corrected chi connectivity index (χ4v) is 2.77. The molecule has 2 heteroatoms. The molecule has 0 fully saturated rings. The number of aryl methyl sites for hydroxylation is 1. The van der Waals surface area contributed by atoms with E-state index in [9.17, 15) is 4.79 Å². The van der Waals surface area contributed by atoms with Gasteiger partial charge in [-0.25, -0.2) is 0 Å². The number of carbonyl (C=O) groups excluding carboxylic acids is 1. The van der Waals surface area contributed by atoms with Gasteiger partial charge in [0.15, 0.2) is 5.78 Å². The van der Waals surface area contributed by atoms with Gasteiger partial charge in [-0.1, -0.05) is 71.6 Å². The zero-order valence-corrected chi connectivity index (χ0v) is 14.7. The number of Topliss-reactive ketones (excluding diaryl/α,β-unsaturated/α-hetero) is 1. The number of rotatable bonds is 14. The Labute approximate surface area is 136 Å². The van der Waals surface area contributed by atoms with Crippen molar-refractivity contribution in [3.8, 4) is 0 Å². The van der Waals surface area contributed by atoms with Crippen LogP contribution in [0.4, 0.5) is 0 Å². The summed E-state index contributed by atoms with van der Waals surface area (Å²) >= 11 is 0. The predicted octanol–water partition coefficient (Wildman–Crippen LogP) is 6.73. The van der Waals surface area contributed by atoms with Gasteiger partial charge >= 0.3 is 0 Å². The highest BCUT2D eigenvalue weighted by Crippen LogP contribution is 2.16. The van der Waals surface area contributed by atoms with Crippen LogP contribution in [0.1, 0.15) is 107 Å². The van der Waals surface area contributed by atoms with Crippen LogP contribution >= 0.6 is 0 Å². The Morgan fingerprint density at radius 3 is 2.14 bits per heavy atom. The van der Waals surface area contributed by atoms with E-state index < -0.39 is 0 Å². The fourth-order valence-electron chi connectivity index (χ4n) is 2.77. The zero-order chi connectivity index (χ0) is 16.0. The van der Waals surface area contributed by atoms with Gasteiger partial charge in [0.2, 0.25) is 0 Å². The molecule has 126 valence electrons. The Hall–Kier alpha value is -1.05. The molecule has 2 nitrogen and oxygen atoms in total. The largest absolute Gasteiger partial charge is 0.469 e. The first-order chi connectivity index (χ1) is 10.8. The minimum Gasteiger partial charge on any atom is -0.469 e. The van der Waals surface area contributed by atoms with E-state index in [4.69, 9.17) is 4.42 Å². The maximum Gasteiger partial charge on any atom is 0.166 e. The van der Waals surface area contributed by atoms with Gasteiger partial charge in [0.25, 0.3) is 0 Å². The van der Waals surface area contributed by atoms with E-state index in [1.54, 1.807) is 6.26 Å². The van der Waals surface area contributed by atoms with E-state index in [1.165, 1.54) is 64.2 Å². The Kier molecular flexibility index (Phi) is 10.8. The van der Waals surface area contributed by atoms with Crippen molar-refractivity contribution in [2.75, 3.05) is 0 Å². The number of hydrogen-bond acceptors (Lipinski definition) is 2. The fraction of sp³-hybridized carbons (Fsp3) is 0.750. The summed E-state index contributed by atoms with van der Waals surface area (Å²) in [5.74, 6) is 1.22. The molecule has 0 radical (unpaired) electrons. The van der Waals surface area contributed by atoms with Gasteiger partial charge in [0.05, 0.1) is 5.56 Å². The molecule has 0 bridgehead atoms. The van der Waals surface area contributed by atoms with Crippen LogP contribution in [0.3, 0.4) is 0 Å². The third-order valence-electron chi connectivity index (χ3n) is 4.26. The number of unbranched alkanes of at least 4 members (excludes halogenated alkanes) is 9. The minimum atomic E-state index is 0.245. The van der Waals surface area contributed by atoms with Crippen molar-refractivity contribution in [3.05, 3.63) is 23.7 Å². The van der Waals surface area contributed by atoms with Crippen LogP contribution in [0.2, 0.25) is 0 Å². The Balaban J connectivity index is 2.15. The Morgan fingerprint density at radius 1 is 0.864 bits per heavy atom. The molecule has 1 aromatic heterocycles. The molecular formula is C20H34O2. The quantitative estimate of drug-likeness (QED) is 0.282. The van der Waals surface area contributed by atoms with E-state index >= 15 is 0 Å². The molecule has 0 aliphatic heterocycles. The summed E-state index contributed by atoms with van der Waals surface area (Å²) < 4.78 is 5.54. The van der Waals surface area contributed by atoms with Crippen molar-refractivity contribution in [3.63, 3.8) is 0 Å². The summed E-state index contributed by atoms with van der Waals surface area (Å²) in [5.41, 5.74) is 0.775. The smallest absolute Gasteiger partial charge is 0.166 e. The second-order valence-electron chi connectivity index (χ2n) is 6.41. The molecule has 0 aliphatic carbocycles. The van der Waals surface area contributed by atoms with Crippen molar-refractivity contribution in [1.82, 2.24) is 0 Å². The van der Waals surface area contributed by atoms with E-state index in [-0.39, 0.29) is 5.78 Å². The van der Waals surface area contributed by atoms with Gasteiger partial charge in [-0.2, -0.15) is 0 Å². The van der Waals surface area contributed by atoms with Crippen molar-refractivity contribution in [2.45, 2.75) is 97.3 Å². The third-order valence-corrected chi connectivity index (χ3v) is 4.26. The van der Waals surface area contributed by atoms with Gasteiger partial charge in [0.1, 0.15) is 12.0 Å². The van der Waals surface area contributed by atoms with Gasteiger partial charge in [-0.15, -0.1) is 0 Å². The molecule has 0 aromatic carbocycles. The number of furan rings is 1. The van der Waals surface area contributed by atoms with Crippen LogP contribution in [0.5, 0.6) is 0 Å². The summed E-state index contributed by atoms with van der Waals surface area (Å²) in [5, 5.41) is 0. The maximum absolute atomic E-state index is 12.1. The maximum atomic E-state index is 12.1. The first-order valence-electron chi connectivity index (χ1n) is 9.38. The Morgan fingerprint density at radius 2 is 1.45 bits per heavy atom. The van der Waals surface area contributed by atoms with Crippen LogP contribution in [-0.4, -0.2) is 5.78 Å². The van der Waals surface area contributed by atoms with Crippen molar-refractivity contribution in [1.29, 1.82) is 0 Å². The van der Waals surface area contributed by atoms with E-state index in [1.807, 2.05) is 6.07 Å². The van der Waals surface area contributed by atoms with Crippen LogP contribution in [0.15, 0.2) is 16.7 Å². The summed E-state index contributed by atoms with van der Waals surface area (Å²) in [4.78, 5) is 12.1. The summed E-state index contributed by atoms with van der Waals surface area (Å²) in [7, 11) is 0. The van der Waals surface area contributed by atoms with Gasteiger partial charge < -0.3 is 4.42 Å². The monoisotopic (exact) mass is 306 g/mol. The number of carbonyl (C=O) groups is 1. The SMILES string of the molecule is CCCCCCCCc1cc(C(=O)CCCCCCC)co1. The highest BCUT2D eigenvalue weighted by atomic mass is 16.3. The van der Waals surface area contributed by atoms with Crippen LogP contribution in [-0.2, 0) is 6.42 Å². The van der Waals surface area contributed by atoms with E-state index in [0.717, 1.165) is 24.2 Å². The summed E-state index contributed by atoms with van der Waals surface area (Å²) in [6.07, 6.45) is 17.0. The molecule has 22 heavy (non-hydrogen) atoms. The normalized spacial score (nSPS) is 11.0. The molecule has 0 aliphatic rings. The second-order valence-corrected chi connectivity index (χ2v) is 6.41. The average Bonchev–Trinajstić information content (AvgIpc) is 2.99. The molecule has 0 saturated carbocycles. The molecule has 1 rings (SSSR count). The summed E-state index contributed by atoms with van der Waals surface area (Å²) in [6.45, 7) is 4.45. The molecule has 0 atom stereocenters. The number of ketones is 1. The molecule has 1 aromatic rings. The lowest BCUT2D eigenvalue weighted by Crippen LogP contribution is -1.96. The average molecular weight is 306 g/mol. The van der Waals surface area contributed by atoms with Crippen LogP contribution in [0, 0.1) is 0 Å². The Bertz CT molecular complexity index is 392. The zero-order valence-electron chi connectivity index (χ0n) is 14.7. The lowest BCUT2D eigenvalue weighted by molar-refractivity contribution is 0.0978. The second kappa shape index (κ2) is 12.5. The molecule has 0 amide bonds. The lowest BCUT2D eigenvalue weighted by atomic mass is 10.0. The highest BCUT2D eigenvalue weighted by Gasteiger charge is 2.09. The molecular weight excluding hydrogens is 272 g/mol. The predicted molar refractivity (Wildman–Crippen MR) is 93.5 cm³/mol. The van der Waals surface area contributed by atoms with Crippen molar-refractivity contribution >= 4 is 5.78 Å². The van der Waals surface area contributed by atoms with Crippen molar-refractivity contribution < 1.29 is 9.21 Å². The van der Waals surface area contributed by atoms with Gasteiger partial charge in [-0.05, 0) is 18.9 Å². The molecule has 1 heterocycles. The third kappa shape index (κ3) is 8.41. The van der Waals surface area contributed by atoms with E-state index in [0.29, 0.717) is 6.42 Å².